The maximum Gasteiger partial charge on any atom is 0.293 e. The molecule has 6 heteroatoms. The molecule has 1 unspecified atom stereocenters. The fourth-order valence-corrected chi connectivity index (χ4v) is 3.05. The average molecular weight is 285 g/mol. The molecule has 110 valence electrons. The Hall–Kier alpha value is -2.11. The van der Waals surface area contributed by atoms with Crippen molar-refractivity contribution in [2.45, 2.75) is 38.3 Å². The van der Waals surface area contributed by atoms with E-state index in [-0.39, 0.29) is 5.56 Å². The number of hydrogen-bond donors (Lipinski definition) is 0. The van der Waals surface area contributed by atoms with Crippen molar-refractivity contribution in [3.8, 4) is 0 Å². The second-order valence-electron chi connectivity index (χ2n) is 6.08. The molecule has 3 heterocycles. The van der Waals surface area contributed by atoms with Gasteiger partial charge < -0.3 is 9.47 Å². The molecule has 2 aliphatic rings. The van der Waals surface area contributed by atoms with Crippen LogP contribution in [0.25, 0.3) is 0 Å². The zero-order valence-electron chi connectivity index (χ0n) is 12.1. The van der Waals surface area contributed by atoms with E-state index in [9.17, 15) is 4.79 Å². The summed E-state index contributed by atoms with van der Waals surface area (Å²) in [5, 5.41) is 4.39. The SMILES string of the molecule is Cc1cnn(C2CCN(c3nccn(C4CC4)c3=O)C2)c1. The standard InChI is InChI=1S/C15H19N5O/c1-11-8-17-20(9-11)13-4-6-18(10-13)14-15(21)19(7-5-16-14)12-2-3-12/h5,7-9,12-13H,2-4,6,10H2,1H3. The van der Waals surface area contributed by atoms with E-state index in [0.29, 0.717) is 17.9 Å². The van der Waals surface area contributed by atoms with E-state index in [1.807, 2.05) is 28.6 Å². The molecular weight excluding hydrogens is 266 g/mol. The van der Waals surface area contributed by atoms with Crippen molar-refractivity contribution in [3.63, 3.8) is 0 Å². The Kier molecular flexibility index (Phi) is 2.83. The van der Waals surface area contributed by atoms with Crippen molar-refractivity contribution in [1.82, 2.24) is 19.3 Å². The van der Waals surface area contributed by atoms with E-state index in [1.54, 1.807) is 6.20 Å². The first-order valence-corrected chi connectivity index (χ1v) is 7.55. The van der Waals surface area contributed by atoms with Crippen molar-refractivity contribution in [3.05, 3.63) is 40.7 Å². The lowest BCUT2D eigenvalue weighted by Gasteiger charge is -2.17. The smallest absolute Gasteiger partial charge is 0.293 e. The lowest BCUT2D eigenvalue weighted by molar-refractivity contribution is 0.494. The molecule has 21 heavy (non-hydrogen) atoms. The molecule has 1 atom stereocenters. The van der Waals surface area contributed by atoms with Gasteiger partial charge in [0.15, 0.2) is 5.82 Å². The number of anilines is 1. The van der Waals surface area contributed by atoms with Crippen LogP contribution in [0, 0.1) is 6.92 Å². The molecule has 0 N–H and O–H groups in total. The molecule has 0 bridgehead atoms. The lowest BCUT2D eigenvalue weighted by atomic mass is 10.3. The van der Waals surface area contributed by atoms with Crippen LogP contribution in [0.1, 0.15) is 36.9 Å². The third-order valence-corrected chi connectivity index (χ3v) is 4.36. The molecule has 2 aromatic heterocycles. The Morgan fingerprint density at radius 2 is 2.10 bits per heavy atom. The summed E-state index contributed by atoms with van der Waals surface area (Å²) in [6, 6.07) is 0.723. The molecule has 1 saturated heterocycles. The highest BCUT2D eigenvalue weighted by atomic mass is 16.1. The minimum absolute atomic E-state index is 0.0531. The van der Waals surface area contributed by atoms with Gasteiger partial charge in [-0.3, -0.25) is 9.48 Å². The van der Waals surface area contributed by atoms with Crippen LogP contribution >= 0.6 is 0 Å². The second kappa shape index (κ2) is 4.72. The Labute approximate surface area is 123 Å². The van der Waals surface area contributed by atoms with Gasteiger partial charge in [0.05, 0.1) is 12.2 Å². The summed E-state index contributed by atoms with van der Waals surface area (Å²) < 4.78 is 3.85. The Balaban J connectivity index is 1.58. The summed E-state index contributed by atoms with van der Waals surface area (Å²) >= 11 is 0. The fourth-order valence-electron chi connectivity index (χ4n) is 3.05. The molecular formula is C15H19N5O. The molecule has 0 radical (unpaired) electrons. The number of rotatable bonds is 3. The number of aryl methyl sites for hydroxylation is 1. The zero-order valence-corrected chi connectivity index (χ0v) is 12.1. The van der Waals surface area contributed by atoms with Gasteiger partial charge in [0.2, 0.25) is 0 Å². The summed E-state index contributed by atoms with van der Waals surface area (Å²) in [4.78, 5) is 18.9. The minimum Gasteiger partial charge on any atom is -0.350 e. The first-order valence-electron chi connectivity index (χ1n) is 7.55. The summed E-state index contributed by atoms with van der Waals surface area (Å²) in [5.41, 5.74) is 1.22. The predicted molar refractivity (Wildman–Crippen MR) is 79.6 cm³/mol. The number of aromatic nitrogens is 4. The van der Waals surface area contributed by atoms with Gasteiger partial charge in [-0.1, -0.05) is 0 Å². The lowest BCUT2D eigenvalue weighted by Crippen LogP contribution is -2.31. The highest BCUT2D eigenvalue weighted by Gasteiger charge is 2.30. The van der Waals surface area contributed by atoms with Crippen LogP contribution in [0.15, 0.2) is 29.6 Å². The summed E-state index contributed by atoms with van der Waals surface area (Å²) in [6.45, 7) is 3.71. The van der Waals surface area contributed by atoms with Crippen LogP contribution in [-0.2, 0) is 0 Å². The zero-order chi connectivity index (χ0) is 14.4. The van der Waals surface area contributed by atoms with Gasteiger partial charge in [-0.25, -0.2) is 4.98 Å². The van der Waals surface area contributed by atoms with Gasteiger partial charge >= 0.3 is 0 Å². The average Bonchev–Trinajstić information content (AvgIpc) is 3.04. The van der Waals surface area contributed by atoms with E-state index in [2.05, 4.69) is 21.2 Å². The molecule has 2 fully saturated rings. The second-order valence-corrected chi connectivity index (χ2v) is 6.08. The van der Waals surface area contributed by atoms with Crippen LogP contribution in [0.3, 0.4) is 0 Å². The van der Waals surface area contributed by atoms with Crippen molar-refractivity contribution in [2.75, 3.05) is 18.0 Å². The maximum absolute atomic E-state index is 12.5. The first kappa shape index (κ1) is 12.6. The van der Waals surface area contributed by atoms with Crippen molar-refractivity contribution >= 4 is 5.82 Å². The van der Waals surface area contributed by atoms with Crippen LogP contribution < -0.4 is 10.5 Å². The van der Waals surface area contributed by atoms with Crippen LogP contribution in [-0.4, -0.2) is 32.4 Å². The Bertz CT molecular complexity index is 715. The summed E-state index contributed by atoms with van der Waals surface area (Å²) in [7, 11) is 0. The fraction of sp³-hybridized carbons (Fsp3) is 0.533. The quantitative estimate of drug-likeness (QED) is 0.858. The van der Waals surface area contributed by atoms with E-state index in [1.165, 1.54) is 5.56 Å². The Morgan fingerprint density at radius 3 is 2.81 bits per heavy atom. The predicted octanol–water partition coefficient (Wildman–Crippen LogP) is 1.53. The first-order chi connectivity index (χ1) is 10.2. The van der Waals surface area contributed by atoms with Crippen molar-refractivity contribution in [1.29, 1.82) is 0 Å². The Morgan fingerprint density at radius 1 is 1.24 bits per heavy atom. The van der Waals surface area contributed by atoms with Gasteiger partial charge in [0, 0.05) is 37.7 Å². The summed E-state index contributed by atoms with van der Waals surface area (Å²) in [5.74, 6) is 0.593. The normalized spacial score (nSPS) is 22.0. The highest BCUT2D eigenvalue weighted by Crippen LogP contribution is 2.33. The molecule has 4 rings (SSSR count). The molecule has 6 nitrogen and oxygen atoms in total. The largest absolute Gasteiger partial charge is 0.350 e. The van der Waals surface area contributed by atoms with Crippen molar-refractivity contribution < 1.29 is 0 Å². The van der Waals surface area contributed by atoms with Gasteiger partial charge in [-0.2, -0.15) is 5.10 Å². The molecule has 1 aliphatic carbocycles. The highest BCUT2D eigenvalue weighted by molar-refractivity contribution is 5.37. The third kappa shape index (κ3) is 2.24. The van der Waals surface area contributed by atoms with Crippen LogP contribution in [0.5, 0.6) is 0 Å². The minimum atomic E-state index is 0.0531. The van der Waals surface area contributed by atoms with E-state index in [4.69, 9.17) is 0 Å². The monoisotopic (exact) mass is 285 g/mol. The van der Waals surface area contributed by atoms with E-state index >= 15 is 0 Å². The van der Waals surface area contributed by atoms with Gasteiger partial charge in [-0.15, -0.1) is 0 Å². The molecule has 1 aliphatic heterocycles. The molecule has 0 amide bonds. The number of nitrogens with zero attached hydrogens (tertiary/aromatic N) is 5. The van der Waals surface area contributed by atoms with E-state index in [0.717, 1.165) is 32.4 Å². The molecule has 0 spiro atoms. The van der Waals surface area contributed by atoms with Gasteiger partial charge in [-0.05, 0) is 31.7 Å². The molecule has 2 aromatic rings. The molecule has 0 aromatic carbocycles. The van der Waals surface area contributed by atoms with Gasteiger partial charge in [0.25, 0.3) is 5.56 Å². The van der Waals surface area contributed by atoms with Crippen molar-refractivity contribution in [2.24, 2.45) is 0 Å². The summed E-state index contributed by atoms with van der Waals surface area (Å²) in [6.07, 6.45) is 10.7. The third-order valence-electron chi connectivity index (χ3n) is 4.36. The maximum atomic E-state index is 12.5. The topological polar surface area (TPSA) is 56.0 Å². The van der Waals surface area contributed by atoms with Gasteiger partial charge in [0.1, 0.15) is 0 Å². The molecule has 1 saturated carbocycles. The van der Waals surface area contributed by atoms with Crippen LogP contribution in [0.2, 0.25) is 0 Å². The van der Waals surface area contributed by atoms with E-state index < -0.39 is 0 Å². The number of hydrogen-bond acceptors (Lipinski definition) is 4. The van der Waals surface area contributed by atoms with Crippen LogP contribution in [0.4, 0.5) is 5.82 Å².